The maximum atomic E-state index is 7.28. The zero-order valence-corrected chi connectivity index (χ0v) is 22.5. The van der Waals surface area contributed by atoms with E-state index in [2.05, 4.69) is 116 Å². The second kappa shape index (κ2) is 7.10. The zero-order valence-electron chi connectivity index (χ0n) is 21.8. The van der Waals surface area contributed by atoms with E-state index >= 15 is 0 Å². The lowest BCUT2D eigenvalue weighted by Gasteiger charge is -2.16. The average Bonchev–Trinajstić information content (AvgIpc) is 3.49. The molecule has 184 valence electrons. The molecule has 0 aliphatic heterocycles. The number of hydrogen-bond acceptors (Lipinski definition) is 0. The summed E-state index contributed by atoms with van der Waals surface area (Å²) in [4.78, 5) is 0. The van der Waals surface area contributed by atoms with Gasteiger partial charge in [0, 0.05) is 10.9 Å². The van der Waals surface area contributed by atoms with Gasteiger partial charge in [-0.2, -0.15) is 0 Å². The van der Waals surface area contributed by atoms with Crippen LogP contribution in [0.5, 0.6) is 0 Å². The van der Waals surface area contributed by atoms with Crippen molar-refractivity contribution in [1.29, 1.82) is 0 Å². The molecule has 0 atom stereocenters. The molecule has 10 rings (SSSR count). The maximum Gasteiger partial charge on any atom is 0.0569 e. The molecule has 1 heteroatoms. The van der Waals surface area contributed by atoms with Gasteiger partial charge < -0.3 is 0 Å². The lowest BCUT2D eigenvalue weighted by atomic mass is 9.88. The van der Waals surface area contributed by atoms with Crippen molar-refractivity contribution in [3.63, 3.8) is 0 Å². The van der Waals surface area contributed by atoms with E-state index in [9.17, 15) is 0 Å². The molecular formula is C39H21Cl. The maximum absolute atomic E-state index is 7.28. The Bertz CT molecular complexity index is 2310. The van der Waals surface area contributed by atoms with E-state index in [-0.39, 0.29) is 0 Å². The Balaban J connectivity index is 1.32. The first-order chi connectivity index (χ1) is 19.7. The van der Waals surface area contributed by atoms with Gasteiger partial charge in [-0.15, -0.1) is 0 Å². The van der Waals surface area contributed by atoms with E-state index < -0.39 is 0 Å². The second-order valence-corrected chi connectivity index (χ2v) is 11.8. The largest absolute Gasteiger partial charge is 0.0830 e. The highest BCUT2D eigenvalue weighted by Gasteiger charge is 2.27. The zero-order chi connectivity index (χ0) is 26.3. The molecular weight excluding hydrogens is 504 g/mol. The number of fused-ring (bicyclic) bond motifs is 11. The number of rotatable bonds is 0. The highest BCUT2D eigenvalue weighted by molar-refractivity contribution is 6.42. The van der Waals surface area contributed by atoms with Crippen molar-refractivity contribution >= 4 is 65.5 Å². The summed E-state index contributed by atoms with van der Waals surface area (Å²) in [5, 5.41) is 13.6. The summed E-state index contributed by atoms with van der Waals surface area (Å²) < 4.78 is 0. The minimum absolute atomic E-state index is 0.852. The van der Waals surface area contributed by atoms with Crippen molar-refractivity contribution in [3.8, 4) is 44.5 Å². The predicted molar refractivity (Wildman–Crippen MR) is 173 cm³/mol. The van der Waals surface area contributed by atoms with Crippen LogP contribution in [-0.2, 0) is 0 Å². The molecule has 0 unspecified atom stereocenters. The van der Waals surface area contributed by atoms with Gasteiger partial charge >= 0.3 is 0 Å². The molecule has 40 heavy (non-hydrogen) atoms. The minimum Gasteiger partial charge on any atom is -0.0830 e. The molecule has 0 aromatic heterocycles. The van der Waals surface area contributed by atoms with Crippen molar-refractivity contribution < 1.29 is 0 Å². The Morgan fingerprint density at radius 2 is 0.850 bits per heavy atom. The lowest BCUT2D eigenvalue weighted by molar-refractivity contribution is 1.54. The quantitative estimate of drug-likeness (QED) is 0.173. The molecule has 2 aliphatic rings. The second-order valence-electron chi connectivity index (χ2n) is 11.4. The van der Waals surface area contributed by atoms with E-state index in [1.54, 1.807) is 0 Å². The summed E-state index contributed by atoms with van der Waals surface area (Å²) in [7, 11) is 0. The van der Waals surface area contributed by atoms with Crippen molar-refractivity contribution in [1.82, 2.24) is 0 Å². The van der Waals surface area contributed by atoms with Crippen molar-refractivity contribution in [2.24, 2.45) is 0 Å². The summed E-state index contributed by atoms with van der Waals surface area (Å²) in [6, 6.07) is 40.5. The molecule has 0 radical (unpaired) electrons. The lowest BCUT2D eigenvalue weighted by Crippen LogP contribution is -1.89. The molecule has 0 bridgehead atoms. The fourth-order valence-corrected chi connectivity index (χ4v) is 8.26. The van der Waals surface area contributed by atoms with Crippen molar-refractivity contribution in [3.05, 3.63) is 120 Å². The predicted octanol–water partition coefficient (Wildman–Crippen LogP) is 11.7. The number of hydrogen-bond donors (Lipinski definition) is 0. The van der Waals surface area contributed by atoms with Crippen molar-refractivity contribution in [2.75, 3.05) is 0 Å². The molecule has 0 fully saturated rings. The number of halogens is 1. The van der Waals surface area contributed by atoms with Gasteiger partial charge in [0.05, 0.1) is 5.02 Å². The van der Waals surface area contributed by atoms with E-state index in [0.29, 0.717) is 0 Å². The van der Waals surface area contributed by atoms with Gasteiger partial charge in [-0.1, -0.05) is 109 Å². The van der Waals surface area contributed by atoms with Crippen LogP contribution < -0.4 is 0 Å². The third-order valence-electron chi connectivity index (χ3n) is 9.56. The van der Waals surface area contributed by atoms with Gasteiger partial charge in [0.2, 0.25) is 0 Å². The van der Waals surface area contributed by atoms with Crippen LogP contribution >= 0.6 is 11.6 Å². The summed E-state index contributed by atoms with van der Waals surface area (Å²) >= 11 is 7.28. The Hall–Kier alpha value is -4.65. The third kappa shape index (κ3) is 2.37. The average molecular weight is 525 g/mol. The minimum atomic E-state index is 0.852. The molecule has 0 nitrogen and oxygen atoms in total. The molecule has 2 aliphatic carbocycles. The van der Waals surface area contributed by atoms with Crippen LogP contribution in [0.4, 0.5) is 0 Å². The molecule has 8 aromatic rings. The van der Waals surface area contributed by atoms with Crippen LogP contribution in [0.1, 0.15) is 5.56 Å². The highest BCUT2D eigenvalue weighted by atomic mass is 35.5. The Kier molecular flexibility index (Phi) is 3.76. The van der Waals surface area contributed by atoms with Crippen LogP contribution in [0.3, 0.4) is 0 Å². The SMILES string of the molecule is Cc1c2c(cc3c1ccc1c4cc5c(c(Cl)c4ccc31)-c1cccc3cccc-5c13)-c1cccc3cccc-2c13. The molecule has 0 saturated heterocycles. The van der Waals surface area contributed by atoms with E-state index in [1.807, 2.05) is 0 Å². The van der Waals surface area contributed by atoms with Gasteiger partial charge in [0.1, 0.15) is 0 Å². The molecule has 0 spiro atoms. The third-order valence-corrected chi connectivity index (χ3v) is 9.96. The monoisotopic (exact) mass is 524 g/mol. The van der Waals surface area contributed by atoms with Gasteiger partial charge in [0.15, 0.2) is 0 Å². The fourth-order valence-electron chi connectivity index (χ4n) is 7.89. The number of aryl methyl sites for hydroxylation is 1. The van der Waals surface area contributed by atoms with E-state index in [1.165, 1.54) is 98.5 Å². The molecule has 8 aromatic carbocycles. The fraction of sp³-hybridized carbons (Fsp3) is 0.0256. The summed E-state index contributed by atoms with van der Waals surface area (Å²) in [5.41, 5.74) is 11.7. The smallest absolute Gasteiger partial charge is 0.0569 e. The van der Waals surface area contributed by atoms with Crippen molar-refractivity contribution in [2.45, 2.75) is 6.92 Å². The first kappa shape index (κ1) is 21.2. The van der Waals surface area contributed by atoms with Crippen LogP contribution in [0.15, 0.2) is 109 Å². The van der Waals surface area contributed by atoms with E-state index in [4.69, 9.17) is 11.6 Å². The van der Waals surface area contributed by atoms with E-state index in [0.717, 1.165) is 10.4 Å². The van der Waals surface area contributed by atoms with Crippen LogP contribution in [0, 0.1) is 6.92 Å². The van der Waals surface area contributed by atoms with Gasteiger partial charge in [0.25, 0.3) is 0 Å². The summed E-state index contributed by atoms with van der Waals surface area (Å²) in [5.74, 6) is 0. The number of benzene rings is 8. The topological polar surface area (TPSA) is 0 Å². The molecule has 0 amide bonds. The van der Waals surface area contributed by atoms with Crippen LogP contribution in [0.2, 0.25) is 5.02 Å². The molecule has 0 saturated carbocycles. The molecule has 0 N–H and O–H groups in total. The highest BCUT2D eigenvalue weighted by Crippen LogP contribution is 2.54. The van der Waals surface area contributed by atoms with Gasteiger partial charge in [-0.3, -0.25) is 0 Å². The Labute approximate surface area is 236 Å². The first-order valence-electron chi connectivity index (χ1n) is 13.9. The summed E-state index contributed by atoms with van der Waals surface area (Å²) in [6.07, 6.45) is 0. The van der Waals surface area contributed by atoms with Crippen LogP contribution in [0.25, 0.3) is 98.4 Å². The molecule has 0 heterocycles. The normalized spacial score (nSPS) is 12.8. The first-order valence-corrected chi connectivity index (χ1v) is 14.3. The Morgan fingerprint density at radius 3 is 1.45 bits per heavy atom. The standard InChI is InChI=1S/C39H21Cl/c1-20-23-14-15-25-24(31(23)18-33-26-10-2-6-21-8-4-12-29(35(20)33)36(21)26)16-17-28-32(25)19-34-27-11-3-7-22-9-5-13-30(37(22)27)38(34)39(28)40/h2-19H,1H3. The van der Waals surface area contributed by atoms with Gasteiger partial charge in [-0.05, 0) is 112 Å². The van der Waals surface area contributed by atoms with Gasteiger partial charge in [-0.25, -0.2) is 0 Å². The van der Waals surface area contributed by atoms with Crippen LogP contribution in [-0.4, -0.2) is 0 Å². The summed E-state index contributed by atoms with van der Waals surface area (Å²) in [6.45, 7) is 2.29. The Morgan fingerprint density at radius 1 is 0.400 bits per heavy atom.